The molecule has 1 aliphatic heterocycles. The number of anilines is 2. The topological polar surface area (TPSA) is 97.3 Å². The van der Waals surface area contributed by atoms with Gasteiger partial charge in [0.1, 0.15) is 16.3 Å². The first kappa shape index (κ1) is 22.2. The summed E-state index contributed by atoms with van der Waals surface area (Å²) in [6.45, 7) is 0.522. The molecule has 2 amide bonds. The van der Waals surface area contributed by atoms with Gasteiger partial charge >= 0.3 is 6.09 Å². The number of ether oxygens (including phenoxy) is 1. The maximum absolute atomic E-state index is 12.7. The van der Waals surface area contributed by atoms with Crippen LogP contribution < -0.4 is 10.2 Å². The van der Waals surface area contributed by atoms with Gasteiger partial charge in [0.05, 0.1) is 18.9 Å². The third kappa shape index (κ3) is 4.44. The fourth-order valence-corrected chi connectivity index (χ4v) is 4.78. The number of benzene rings is 1. The molecule has 0 unspecified atom stereocenters. The zero-order chi connectivity index (χ0) is 21.3. The molecule has 3 heterocycles. The van der Waals surface area contributed by atoms with Gasteiger partial charge in [-0.05, 0) is 37.8 Å². The normalized spacial score (nSPS) is 22.3. The minimum atomic E-state index is -0.515. The second kappa shape index (κ2) is 9.22. The average Bonchev–Trinajstić information content (AvgIpc) is 3.44. The van der Waals surface area contributed by atoms with Crippen LogP contribution in [0.25, 0.3) is 10.7 Å². The lowest BCUT2D eigenvalue weighted by molar-refractivity contribution is -0.122. The molecule has 1 aliphatic carbocycles. The van der Waals surface area contributed by atoms with E-state index in [2.05, 4.69) is 20.3 Å². The number of nitrogens with one attached hydrogen (secondary N) is 1. The van der Waals surface area contributed by atoms with Gasteiger partial charge in [0.15, 0.2) is 5.82 Å². The molecule has 0 atom stereocenters. The van der Waals surface area contributed by atoms with Crippen LogP contribution in [0.4, 0.5) is 16.3 Å². The van der Waals surface area contributed by atoms with E-state index in [1.54, 1.807) is 23.5 Å². The van der Waals surface area contributed by atoms with E-state index in [1.807, 2.05) is 35.7 Å². The van der Waals surface area contributed by atoms with Crippen LogP contribution in [0.15, 0.2) is 54.3 Å². The van der Waals surface area contributed by atoms with Gasteiger partial charge in [-0.15, -0.1) is 23.7 Å². The number of carbonyl (C=O) groups is 2. The van der Waals surface area contributed by atoms with Crippen molar-refractivity contribution in [3.05, 3.63) is 54.3 Å². The van der Waals surface area contributed by atoms with Crippen LogP contribution >= 0.6 is 23.7 Å². The van der Waals surface area contributed by atoms with Crippen molar-refractivity contribution in [1.82, 2.24) is 15.0 Å². The monoisotopic (exact) mass is 471 g/mol. The summed E-state index contributed by atoms with van der Waals surface area (Å²) in [6, 6.07) is 9.53. The van der Waals surface area contributed by atoms with Gasteiger partial charge in [-0.3, -0.25) is 9.69 Å². The van der Waals surface area contributed by atoms with Crippen molar-refractivity contribution < 1.29 is 14.3 Å². The predicted molar refractivity (Wildman–Crippen MR) is 124 cm³/mol. The van der Waals surface area contributed by atoms with Crippen LogP contribution in [0, 0.1) is 5.92 Å². The second-order valence-electron chi connectivity index (χ2n) is 7.86. The summed E-state index contributed by atoms with van der Waals surface area (Å²) in [6.07, 6.45) is 7.20. The van der Waals surface area contributed by atoms with Crippen LogP contribution in [0.3, 0.4) is 0 Å². The summed E-state index contributed by atoms with van der Waals surface area (Å²) in [5.41, 5.74) is 1.00. The van der Waals surface area contributed by atoms with E-state index >= 15 is 0 Å². The lowest BCUT2D eigenvalue weighted by Crippen LogP contribution is -2.41. The van der Waals surface area contributed by atoms with Gasteiger partial charge in [-0.25, -0.2) is 19.7 Å². The number of rotatable bonds is 4. The summed E-state index contributed by atoms with van der Waals surface area (Å²) in [7, 11) is 0. The highest BCUT2D eigenvalue weighted by molar-refractivity contribution is 7.13. The lowest BCUT2D eigenvalue weighted by Gasteiger charge is -2.34. The van der Waals surface area contributed by atoms with Crippen molar-refractivity contribution in [1.29, 1.82) is 0 Å². The number of amides is 2. The Bertz CT molecular complexity index is 1070. The van der Waals surface area contributed by atoms with Crippen LogP contribution in [-0.2, 0) is 9.53 Å². The maximum Gasteiger partial charge on any atom is 0.415 e. The molecule has 1 saturated carbocycles. The molecule has 2 aliphatic rings. The van der Waals surface area contributed by atoms with E-state index in [1.165, 1.54) is 11.3 Å². The van der Waals surface area contributed by atoms with E-state index in [4.69, 9.17) is 4.74 Å². The molecule has 32 heavy (non-hydrogen) atoms. The van der Waals surface area contributed by atoms with E-state index < -0.39 is 5.60 Å². The predicted octanol–water partition coefficient (Wildman–Crippen LogP) is 4.55. The van der Waals surface area contributed by atoms with Crippen LogP contribution in [0.1, 0.15) is 25.7 Å². The first-order valence-electron chi connectivity index (χ1n) is 10.2. The molecule has 166 valence electrons. The Hall–Kier alpha value is -3.04. The minimum Gasteiger partial charge on any atom is -0.441 e. The van der Waals surface area contributed by atoms with Crippen molar-refractivity contribution in [2.24, 2.45) is 5.92 Å². The second-order valence-corrected chi connectivity index (χ2v) is 8.75. The molecule has 1 spiro atoms. The van der Waals surface area contributed by atoms with Crippen LogP contribution in [0.5, 0.6) is 0 Å². The van der Waals surface area contributed by atoms with Gasteiger partial charge < -0.3 is 10.1 Å². The quantitative estimate of drug-likeness (QED) is 0.599. The summed E-state index contributed by atoms with van der Waals surface area (Å²) >= 11 is 1.49. The Morgan fingerprint density at radius 3 is 2.56 bits per heavy atom. The molecule has 10 heteroatoms. The largest absolute Gasteiger partial charge is 0.441 e. The molecule has 1 saturated heterocycles. The Morgan fingerprint density at radius 1 is 1.12 bits per heavy atom. The molecule has 1 aromatic carbocycles. The minimum absolute atomic E-state index is 0. The first-order valence-corrected chi connectivity index (χ1v) is 11.1. The molecular formula is C22H22ClN5O3S. The molecular weight excluding hydrogens is 450 g/mol. The smallest absolute Gasteiger partial charge is 0.415 e. The highest BCUT2D eigenvalue weighted by atomic mass is 35.5. The van der Waals surface area contributed by atoms with Crippen molar-refractivity contribution in [3.8, 4) is 10.7 Å². The summed E-state index contributed by atoms with van der Waals surface area (Å²) < 4.78 is 5.78. The van der Waals surface area contributed by atoms with Gasteiger partial charge in [-0.2, -0.15) is 0 Å². The van der Waals surface area contributed by atoms with Gasteiger partial charge in [-0.1, -0.05) is 18.2 Å². The summed E-state index contributed by atoms with van der Waals surface area (Å²) in [4.78, 5) is 39.7. The fourth-order valence-electron chi connectivity index (χ4n) is 4.18. The molecule has 0 bridgehead atoms. The van der Waals surface area contributed by atoms with Gasteiger partial charge in [0.2, 0.25) is 5.91 Å². The number of halogens is 1. The Balaban J connectivity index is 0.00000245. The number of carbonyl (C=O) groups excluding carboxylic acids is 2. The van der Waals surface area contributed by atoms with E-state index in [0.29, 0.717) is 43.7 Å². The third-order valence-electron chi connectivity index (χ3n) is 5.86. The van der Waals surface area contributed by atoms with Crippen LogP contribution in [-0.4, -0.2) is 39.1 Å². The maximum atomic E-state index is 12.7. The number of aromatic nitrogens is 3. The van der Waals surface area contributed by atoms with Crippen molar-refractivity contribution >= 4 is 47.2 Å². The Kier molecular flexibility index (Phi) is 6.38. The number of para-hydroxylation sites is 1. The number of hydrogen-bond acceptors (Lipinski definition) is 7. The molecule has 2 fully saturated rings. The summed E-state index contributed by atoms with van der Waals surface area (Å²) in [5, 5.41) is 5.53. The Morgan fingerprint density at radius 2 is 1.91 bits per heavy atom. The van der Waals surface area contributed by atoms with Gasteiger partial charge in [0.25, 0.3) is 0 Å². The van der Waals surface area contributed by atoms with Crippen molar-refractivity contribution in [2.75, 3.05) is 16.8 Å². The Labute approximate surface area is 195 Å². The highest BCUT2D eigenvalue weighted by Crippen LogP contribution is 2.41. The zero-order valence-corrected chi connectivity index (χ0v) is 18.8. The number of thiazole rings is 1. The van der Waals surface area contributed by atoms with E-state index in [9.17, 15) is 9.59 Å². The van der Waals surface area contributed by atoms with Gasteiger partial charge in [0, 0.05) is 23.2 Å². The highest BCUT2D eigenvalue weighted by Gasteiger charge is 2.48. The SMILES string of the molecule is Cl.O=C1O[C@]2(CC[C@H](C(=O)Nc3cnc(-c4nccs4)cn3)CC2)CN1c1ccccc1. The molecule has 8 nitrogen and oxygen atoms in total. The average molecular weight is 472 g/mol. The van der Waals surface area contributed by atoms with E-state index in [0.717, 1.165) is 10.7 Å². The summed E-state index contributed by atoms with van der Waals surface area (Å²) in [5.74, 6) is 0.207. The van der Waals surface area contributed by atoms with Crippen molar-refractivity contribution in [3.63, 3.8) is 0 Å². The molecule has 5 rings (SSSR count). The number of nitrogens with zero attached hydrogens (tertiary/aromatic N) is 4. The molecule has 3 aromatic rings. The molecule has 1 N–H and O–H groups in total. The standard InChI is InChI=1S/C22H21N5O3S.ClH/c28-19(26-18-13-24-17(12-25-18)20-23-10-11-31-20)15-6-8-22(9-7-15)14-27(21(29)30-22)16-4-2-1-3-5-16;/h1-5,10-13,15H,6-9,14H2,(H,25,26,28);1H/t15-,22-;. The number of hydrogen-bond donors (Lipinski definition) is 1. The van der Waals surface area contributed by atoms with Crippen molar-refractivity contribution in [2.45, 2.75) is 31.3 Å². The van der Waals surface area contributed by atoms with Crippen LogP contribution in [0.2, 0.25) is 0 Å². The zero-order valence-electron chi connectivity index (χ0n) is 17.1. The first-order chi connectivity index (χ1) is 15.1. The van der Waals surface area contributed by atoms with E-state index in [-0.39, 0.29) is 30.3 Å². The lowest BCUT2D eigenvalue weighted by atomic mass is 9.78. The fraction of sp³-hybridized carbons (Fsp3) is 0.318. The molecule has 2 aromatic heterocycles. The molecule has 0 radical (unpaired) electrons. The third-order valence-corrected chi connectivity index (χ3v) is 6.66.